The number of nitrogens with one attached hydrogen (secondary N) is 2. The van der Waals surface area contributed by atoms with E-state index in [4.69, 9.17) is 4.74 Å². The van der Waals surface area contributed by atoms with Gasteiger partial charge in [0.15, 0.2) is 0 Å². The van der Waals surface area contributed by atoms with Crippen LogP contribution in [0.1, 0.15) is 20.3 Å². The number of amides is 1. The van der Waals surface area contributed by atoms with Gasteiger partial charge in [0, 0.05) is 31.9 Å². The molecule has 6 heteroatoms. The Bertz CT molecular complexity index is 535. The lowest BCUT2D eigenvalue weighted by Gasteiger charge is -2.38. The minimum Gasteiger partial charge on any atom is -0.363 e. The fraction of sp³-hybridized carbons (Fsp3) is 0.571. The van der Waals surface area contributed by atoms with Crippen LogP contribution in [0, 0.1) is 0 Å². The molecule has 0 aliphatic carbocycles. The number of hydrogen-bond acceptors (Lipinski definition) is 4. The molecule has 0 aromatic carbocycles. The number of nitrogens with zero attached hydrogens (tertiary/aromatic N) is 1. The van der Waals surface area contributed by atoms with E-state index < -0.39 is 0 Å². The van der Waals surface area contributed by atoms with Crippen molar-refractivity contribution < 1.29 is 9.53 Å². The smallest absolute Gasteiger partial charge is 0.250 e. The SMILES string of the molecule is CCCn1cc(NC(=O)COC2(C)CNC2)ccc1=O. The van der Waals surface area contributed by atoms with E-state index in [1.54, 1.807) is 16.8 Å². The van der Waals surface area contributed by atoms with Gasteiger partial charge in [-0.1, -0.05) is 6.92 Å². The second kappa shape index (κ2) is 6.19. The van der Waals surface area contributed by atoms with Gasteiger partial charge in [-0.2, -0.15) is 0 Å². The lowest BCUT2D eigenvalue weighted by molar-refractivity contribution is -0.130. The highest BCUT2D eigenvalue weighted by atomic mass is 16.5. The molecule has 20 heavy (non-hydrogen) atoms. The van der Waals surface area contributed by atoms with Gasteiger partial charge in [0.25, 0.3) is 5.56 Å². The van der Waals surface area contributed by atoms with E-state index in [-0.39, 0.29) is 23.7 Å². The molecule has 0 radical (unpaired) electrons. The Hall–Kier alpha value is -1.66. The summed E-state index contributed by atoms with van der Waals surface area (Å²) in [4.78, 5) is 23.4. The van der Waals surface area contributed by atoms with Crippen molar-refractivity contribution >= 4 is 11.6 Å². The van der Waals surface area contributed by atoms with Gasteiger partial charge in [-0.05, 0) is 19.4 Å². The van der Waals surface area contributed by atoms with E-state index >= 15 is 0 Å². The highest BCUT2D eigenvalue weighted by Crippen LogP contribution is 2.15. The van der Waals surface area contributed by atoms with Gasteiger partial charge in [0.05, 0.1) is 11.3 Å². The molecule has 6 nitrogen and oxygen atoms in total. The molecule has 0 unspecified atom stereocenters. The third-order valence-electron chi connectivity index (χ3n) is 3.28. The number of anilines is 1. The molecule has 2 N–H and O–H groups in total. The topological polar surface area (TPSA) is 72.4 Å². The minimum absolute atomic E-state index is 0.0189. The van der Waals surface area contributed by atoms with Crippen molar-refractivity contribution in [3.8, 4) is 0 Å². The molecule has 1 saturated heterocycles. The standard InChI is InChI=1S/C14H21N3O3/c1-3-6-17-7-11(4-5-13(17)19)16-12(18)8-20-14(2)9-15-10-14/h4-5,7,15H,3,6,8-10H2,1-2H3,(H,16,18). The molecule has 2 rings (SSSR count). The fourth-order valence-corrected chi connectivity index (χ4v) is 2.04. The van der Waals surface area contributed by atoms with Crippen LogP contribution in [-0.2, 0) is 16.1 Å². The normalized spacial score (nSPS) is 16.5. The molecule has 0 bridgehead atoms. The lowest BCUT2D eigenvalue weighted by atomic mass is 10.0. The van der Waals surface area contributed by atoms with Crippen molar-refractivity contribution in [1.29, 1.82) is 0 Å². The number of ether oxygens (including phenoxy) is 1. The number of carbonyl (C=O) groups is 1. The second-order valence-electron chi connectivity index (χ2n) is 5.34. The van der Waals surface area contributed by atoms with Gasteiger partial charge in [-0.25, -0.2) is 0 Å². The zero-order chi connectivity index (χ0) is 14.6. The summed E-state index contributed by atoms with van der Waals surface area (Å²) in [5, 5.41) is 5.85. The van der Waals surface area contributed by atoms with Crippen molar-refractivity contribution in [2.75, 3.05) is 25.0 Å². The number of carbonyl (C=O) groups excluding carboxylic acids is 1. The van der Waals surface area contributed by atoms with Gasteiger partial charge in [-0.3, -0.25) is 9.59 Å². The number of hydrogen-bond donors (Lipinski definition) is 2. The van der Waals surface area contributed by atoms with Crippen LogP contribution in [0.4, 0.5) is 5.69 Å². The van der Waals surface area contributed by atoms with Gasteiger partial charge >= 0.3 is 0 Å². The summed E-state index contributed by atoms with van der Waals surface area (Å²) in [6.45, 7) is 6.16. The van der Waals surface area contributed by atoms with Crippen molar-refractivity contribution in [2.24, 2.45) is 0 Å². The maximum Gasteiger partial charge on any atom is 0.250 e. The average molecular weight is 279 g/mol. The number of rotatable bonds is 6. The highest BCUT2D eigenvalue weighted by Gasteiger charge is 2.32. The molecular weight excluding hydrogens is 258 g/mol. The third kappa shape index (κ3) is 3.68. The van der Waals surface area contributed by atoms with Crippen LogP contribution < -0.4 is 16.2 Å². The third-order valence-corrected chi connectivity index (χ3v) is 3.28. The number of aromatic nitrogens is 1. The Labute approximate surface area is 118 Å². The van der Waals surface area contributed by atoms with Crippen molar-refractivity contribution in [3.05, 3.63) is 28.7 Å². The second-order valence-corrected chi connectivity index (χ2v) is 5.34. The molecular formula is C14H21N3O3. The molecule has 1 aliphatic heterocycles. The summed E-state index contributed by atoms with van der Waals surface area (Å²) >= 11 is 0. The summed E-state index contributed by atoms with van der Waals surface area (Å²) in [7, 11) is 0. The van der Waals surface area contributed by atoms with Crippen LogP contribution in [-0.4, -0.2) is 35.8 Å². The van der Waals surface area contributed by atoms with E-state index in [0.29, 0.717) is 12.2 Å². The van der Waals surface area contributed by atoms with Gasteiger partial charge in [-0.15, -0.1) is 0 Å². The predicted octanol–water partition coefficient (Wildman–Crippen LogP) is 0.575. The minimum atomic E-state index is -0.238. The predicted molar refractivity (Wildman–Crippen MR) is 76.8 cm³/mol. The van der Waals surface area contributed by atoms with Crippen LogP contribution in [0.2, 0.25) is 0 Å². The first-order chi connectivity index (χ1) is 9.52. The van der Waals surface area contributed by atoms with Crippen LogP contribution in [0.5, 0.6) is 0 Å². The van der Waals surface area contributed by atoms with E-state index in [1.165, 1.54) is 6.07 Å². The molecule has 0 spiro atoms. The summed E-state index contributed by atoms with van der Waals surface area (Å²) in [5.74, 6) is -0.208. The number of pyridine rings is 1. The summed E-state index contributed by atoms with van der Waals surface area (Å²) in [6.07, 6.45) is 2.53. The van der Waals surface area contributed by atoms with Gasteiger partial charge in [0.1, 0.15) is 6.61 Å². The van der Waals surface area contributed by atoms with Crippen molar-refractivity contribution in [1.82, 2.24) is 9.88 Å². The Morgan fingerprint density at radius 3 is 2.85 bits per heavy atom. The summed E-state index contributed by atoms with van der Waals surface area (Å²) in [5.41, 5.74) is 0.316. The highest BCUT2D eigenvalue weighted by molar-refractivity contribution is 5.91. The molecule has 1 fully saturated rings. The zero-order valence-corrected chi connectivity index (χ0v) is 11.9. The monoisotopic (exact) mass is 279 g/mol. The van der Waals surface area contributed by atoms with Crippen LogP contribution in [0.15, 0.2) is 23.1 Å². The molecule has 1 amide bonds. The Morgan fingerprint density at radius 2 is 2.25 bits per heavy atom. The van der Waals surface area contributed by atoms with Gasteiger partial charge < -0.3 is 19.9 Å². The molecule has 110 valence electrons. The molecule has 1 aromatic heterocycles. The van der Waals surface area contributed by atoms with E-state index in [2.05, 4.69) is 10.6 Å². The lowest BCUT2D eigenvalue weighted by Crippen LogP contribution is -2.59. The first-order valence-corrected chi connectivity index (χ1v) is 6.87. The number of aryl methyl sites for hydroxylation is 1. The summed E-state index contributed by atoms with van der Waals surface area (Å²) in [6, 6.07) is 3.07. The Morgan fingerprint density at radius 1 is 1.50 bits per heavy atom. The van der Waals surface area contributed by atoms with Crippen molar-refractivity contribution in [3.63, 3.8) is 0 Å². The van der Waals surface area contributed by atoms with Crippen molar-refractivity contribution in [2.45, 2.75) is 32.4 Å². The van der Waals surface area contributed by atoms with Crippen LogP contribution >= 0.6 is 0 Å². The van der Waals surface area contributed by atoms with E-state index in [9.17, 15) is 9.59 Å². The zero-order valence-electron chi connectivity index (χ0n) is 11.9. The summed E-state index contributed by atoms with van der Waals surface area (Å²) < 4.78 is 7.15. The molecule has 1 aromatic rings. The van der Waals surface area contributed by atoms with E-state index in [1.807, 2.05) is 13.8 Å². The maximum absolute atomic E-state index is 11.8. The molecule has 0 saturated carbocycles. The molecule has 2 heterocycles. The van der Waals surface area contributed by atoms with Gasteiger partial charge in [0.2, 0.25) is 5.91 Å². The average Bonchev–Trinajstić information content (AvgIpc) is 2.38. The first kappa shape index (κ1) is 14.7. The first-order valence-electron chi connectivity index (χ1n) is 6.87. The quantitative estimate of drug-likeness (QED) is 0.799. The molecule has 1 aliphatic rings. The fourth-order valence-electron chi connectivity index (χ4n) is 2.04. The molecule has 0 atom stereocenters. The Kier molecular flexibility index (Phi) is 4.57. The maximum atomic E-state index is 11.8. The Balaban J connectivity index is 1.90. The van der Waals surface area contributed by atoms with Crippen LogP contribution in [0.3, 0.4) is 0 Å². The van der Waals surface area contributed by atoms with Crippen LogP contribution in [0.25, 0.3) is 0 Å². The van der Waals surface area contributed by atoms with E-state index in [0.717, 1.165) is 19.5 Å². The largest absolute Gasteiger partial charge is 0.363 e.